The number of aliphatic hydroxyl groups is 1. The van der Waals surface area contributed by atoms with Crippen LogP contribution in [0, 0.1) is 0 Å². The highest BCUT2D eigenvalue weighted by atomic mass is 32.2. The van der Waals surface area contributed by atoms with Gasteiger partial charge in [0.05, 0.1) is 11.4 Å². The number of rotatable bonds is 22. The van der Waals surface area contributed by atoms with Gasteiger partial charge in [-0.3, -0.25) is 4.55 Å². The SMILES string of the molecule is CCCCCCCCCCCCCCC(O)CCC(CCCCCC)S(=O)(=O)O. The molecule has 0 amide bonds. The number of unbranched alkanes of at least 4 members (excludes halogenated alkanes) is 14. The predicted octanol–water partition coefficient (Wildman–Crippen LogP) is 7.45. The molecule has 0 spiro atoms. The average Bonchev–Trinajstić information content (AvgIpc) is 2.67. The summed E-state index contributed by atoms with van der Waals surface area (Å²) >= 11 is 0. The predicted molar refractivity (Wildman–Crippen MR) is 125 cm³/mol. The molecule has 2 unspecified atom stereocenters. The Hall–Kier alpha value is -0.130. The lowest BCUT2D eigenvalue weighted by atomic mass is 10.0. The number of hydrogen-bond acceptors (Lipinski definition) is 3. The van der Waals surface area contributed by atoms with Gasteiger partial charge in [0.15, 0.2) is 0 Å². The normalized spacial score (nSPS) is 14.2. The van der Waals surface area contributed by atoms with E-state index in [1.807, 2.05) is 0 Å². The quantitative estimate of drug-likeness (QED) is 0.137. The van der Waals surface area contributed by atoms with Crippen molar-refractivity contribution in [2.75, 3.05) is 0 Å². The van der Waals surface area contributed by atoms with Crippen LogP contribution < -0.4 is 0 Å². The van der Waals surface area contributed by atoms with E-state index in [0.717, 1.165) is 44.9 Å². The van der Waals surface area contributed by atoms with Crippen molar-refractivity contribution in [2.45, 2.75) is 154 Å². The third-order valence-corrected chi connectivity index (χ3v) is 7.33. The monoisotopic (exact) mass is 434 g/mol. The Labute approximate surface area is 182 Å². The molecule has 2 N–H and O–H groups in total. The second kappa shape index (κ2) is 19.8. The van der Waals surface area contributed by atoms with Gasteiger partial charge in [-0.1, -0.05) is 117 Å². The Morgan fingerprint density at radius 2 is 0.931 bits per heavy atom. The summed E-state index contributed by atoms with van der Waals surface area (Å²) in [5.41, 5.74) is 0. The summed E-state index contributed by atoms with van der Waals surface area (Å²) in [6.07, 6.45) is 21.2. The first-order valence-corrected chi connectivity index (χ1v) is 14.1. The zero-order valence-electron chi connectivity index (χ0n) is 19.4. The van der Waals surface area contributed by atoms with Gasteiger partial charge in [0.2, 0.25) is 0 Å². The van der Waals surface area contributed by atoms with E-state index in [9.17, 15) is 18.1 Å². The van der Waals surface area contributed by atoms with Crippen LogP contribution in [-0.2, 0) is 10.1 Å². The summed E-state index contributed by atoms with van der Waals surface area (Å²) in [6.45, 7) is 4.37. The summed E-state index contributed by atoms with van der Waals surface area (Å²) in [5, 5.41) is 9.45. The molecule has 4 nitrogen and oxygen atoms in total. The summed E-state index contributed by atoms with van der Waals surface area (Å²) in [7, 11) is -4.01. The molecular formula is C24H50O4S. The van der Waals surface area contributed by atoms with Crippen molar-refractivity contribution in [2.24, 2.45) is 0 Å². The third-order valence-electron chi connectivity index (χ3n) is 6.01. The van der Waals surface area contributed by atoms with Crippen LogP contribution >= 0.6 is 0 Å². The van der Waals surface area contributed by atoms with Crippen LogP contribution in [0.5, 0.6) is 0 Å². The first kappa shape index (κ1) is 28.9. The van der Waals surface area contributed by atoms with E-state index in [2.05, 4.69) is 13.8 Å². The van der Waals surface area contributed by atoms with Crippen LogP contribution in [0.1, 0.15) is 142 Å². The Balaban J connectivity index is 3.65. The molecule has 0 saturated carbocycles. The van der Waals surface area contributed by atoms with Crippen molar-refractivity contribution in [3.05, 3.63) is 0 Å². The maximum Gasteiger partial charge on any atom is 0.267 e. The van der Waals surface area contributed by atoms with Crippen molar-refractivity contribution in [1.29, 1.82) is 0 Å². The van der Waals surface area contributed by atoms with E-state index in [0.29, 0.717) is 19.3 Å². The van der Waals surface area contributed by atoms with Gasteiger partial charge in [-0.25, -0.2) is 0 Å². The van der Waals surface area contributed by atoms with Gasteiger partial charge >= 0.3 is 0 Å². The molecule has 0 aromatic carbocycles. The van der Waals surface area contributed by atoms with Gasteiger partial charge in [-0.05, 0) is 25.7 Å². The standard InChI is InChI=1S/C24H50O4S/c1-3-5-7-9-10-11-12-13-14-15-16-17-19-23(25)21-22-24(29(26,27)28)20-18-8-6-4-2/h23-25H,3-22H2,1-2H3,(H,26,27,28). The van der Waals surface area contributed by atoms with E-state index in [4.69, 9.17) is 0 Å². The minimum atomic E-state index is -4.01. The van der Waals surface area contributed by atoms with Gasteiger partial charge < -0.3 is 5.11 Å². The number of hydrogen-bond donors (Lipinski definition) is 2. The van der Waals surface area contributed by atoms with Gasteiger partial charge in [-0.15, -0.1) is 0 Å². The Morgan fingerprint density at radius 3 is 1.38 bits per heavy atom. The molecule has 0 aliphatic heterocycles. The highest BCUT2D eigenvalue weighted by molar-refractivity contribution is 7.86. The van der Waals surface area contributed by atoms with Crippen LogP contribution in [0.4, 0.5) is 0 Å². The van der Waals surface area contributed by atoms with Gasteiger partial charge in [0, 0.05) is 0 Å². The maximum atomic E-state index is 11.6. The second-order valence-electron chi connectivity index (χ2n) is 8.90. The van der Waals surface area contributed by atoms with Crippen LogP contribution in [0.25, 0.3) is 0 Å². The smallest absolute Gasteiger partial charge is 0.267 e. The average molecular weight is 435 g/mol. The van der Waals surface area contributed by atoms with Gasteiger partial charge in [-0.2, -0.15) is 8.42 Å². The Morgan fingerprint density at radius 1 is 0.552 bits per heavy atom. The lowest BCUT2D eigenvalue weighted by molar-refractivity contribution is 0.147. The minimum absolute atomic E-state index is 0.365. The molecule has 0 aliphatic rings. The van der Waals surface area contributed by atoms with Crippen LogP contribution in [-0.4, -0.2) is 29.4 Å². The molecule has 0 saturated heterocycles. The molecule has 0 heterocycles. The molecule has 5 heteroatoms. The Kier molecular flexibility index (Phi) is 19.7. The summed E-state index contributed by atoms with van der Waals surface area (Å²) in [6, 6.07) is 0. The molecule has 0 bridgehead atoms. The first-order chi connectivity index (χ1) is 13.9. The molecule has 0 radical (unpaired) electrons. The van der Waals surface area contributed by atoms with Crippen molar-refractivity contribution >= 4 is 10.1 Å². The van der Waals surface area contributed by atoms with Gasteiger partial charge in [0.25, 0.3) is 10.1 Å². The van der Waals surface area contributed by atoms with E-state index < -0.39 is 21.5 Å². The molecule has 0 rings (SSSR count). The highest BCUT2D eigenvalue weighted by Crippen LogP contribution is 2.19. The summed E-state index contributed by atoms with van der Waals surface area (Å²) in [5.74, 6) is 0. The van der Waals surface area contributed by atoms with E-state index in [1.165, 1.54) is 64.2 Å². The van der Waals surface area contributed by atoms with E-state index >= 15 is 0 Å². The van der Waals surface area contributed by atoms with Crippen LogP contribution in [0.15, 0.2) is 0 Å². The minimum Gasteiger partial charge on any atom is -0.393 e. The zero-order chi connectivity index (χ0) is 21.8. The zero-order valence-corrected chi connectivity index (χ0v) is 20.2. The highest BCUT2D eigenvalue weighted by Gasteiger charge is 2.23. The largest absolute Gasteiger partial charge is 0.393 e. The molecular weight excluding hydrogens is 384 g/mol. The topological polar surface area (TPSA) is 74.6 Å². The van der Waals surface area contributed by atoms with Crippen LogP contribution in [0.3, 0.4) is 0 Å². The fraction of sp³-hybridized carbons (Fsp3) is 1.00. The molecule has 0 aliphatic carbocycles. The van der Waals surface area contributed by atoms with E-state index in [-0.39, 0.29) is 0 Å². The summed E-state index contributed by atoms with van der Waals surface area (Å²) < 4.78 is 32.5. The molecule has 0 aromatic rings. The second-order valence-corrected chi connectivity index (χ2v) is 10.6. The maximum absolute atomic E-state index is 11.6. The molecule has 0 fully saturated rings. The van der Waals surface area contributed by atoms with Crippen LogP contribution in [0.2, 0.25) is 0 Å². The van der Waals surface area contributed by atoms with Crippen molar-refractivity contribution in [1.82, 2.24) is 0 Å². The summed E-state index contributed by atoms with van der Waals surface area (Å²) in [4.78, 5) is 0. The molecule has 0 aromatic heterocycles. The fourth-order valence-electron chi connectivity index (χ4n) is 3.98. The Bertz CT molecular complexity index is 436. The first-order valence-electron chi connectivity index (χ1n) is 12.6. The lowest BCUT2D eigenvalue weighted by Crippen LogP contribution is -2.22. The molecule has 2 atom stereocenters. The van der Waals surface area contributed by atoms with Crippen molar-refractivity contribution < 1.29 is 18.1 Å². The molecule has 29 heavy (non-hydrogen) atoms. The van der Waals surface area contributed by atoms with Crippen molar-refractivity contribution in [3.63, 3.8) is 0 Å². The third kappa shape index (κ3) is 19.6. The van der Waals surface area contributed by atoms with Gasteiger partial charge in [0.1, 0.15) is 0 Å². The lowest BCUT2D eigenvalue weighted by Gasteiger charge is -2.16. The molecule has 176 valence electrons. The fourth-order valence-corrected chi connectivity index (χ4v) is 4.88. The van der Waals surface area contributed by atoms with Crippen molar-refractivity contribution in [3.8, 4) is 0 Å². The number of aliphatic hydroxyl groups excluding tert-OH is 1. The van der Waals surface area contributed by atoms with E-state index in [1.54, 1.807) is 0 Å².